The van der Waals surface area contributed by atoms with E-state index in [2.05, 4.69) is 20.8 Å². The van der Waals surface area contributed by atoms with E-state index in [0.29, 0.717) is 6.54 Å². The third kappa shape index (κ3) is 2.52. The lowest BCUT2D eigenvalue weighted by molar-refractivity contribution is -0.125. The van der Waals surface area contributed by atoms with Crippen LogP contribution in [-0.2, 0) is 4.79 Å². The number of fused-ring (bicyclic) bond motifs is 1. The largest absolute Gasteiger partial charge is 0.479 e. The van der Waals surface area contributed by atoms with E-state index in [9.17, 15) is 4.79 Å². The van der Waals surface area contributed by atoms with Gasteiger partial charge in [-0.05, 0) is 37.0 Å². The van der Waals surface area contributed by atoms with Gasteiger partial charge in [0.1, 0.15) is 5.75 Å². The average molecular weight is 276 g/mol. The first kappa shape index (κ1) is 14.9. The van der Waals surface area contributed by atoms with Gasteiger partial charge in [-0.25, -0.2) is 0 Å². The molecule has 1 aliphatic heterocycles. The van der Waals surface area contributed by atoms with E-state index >= 15 is 0 Å². The predicted molar refractivity (Wildman–Crippen MR) is 80.9 cm³/mol. The smallest absolute Gasteiger partial charge is 0.267 e. The van der Waals surface area contributed by atoms with Crippen LogP contribution in [0.4, 0.5) is 5.69 Å². The first-order valence-corrected chi connectivity index (χ1v) is 7.13. The van der Waals surface area contributed by atoms with Crippen molar-refractivity contribution in [1.29, 1.82) is 0 Å². The van der Waals surface area contributed by atoms with Gasteiger partial charge in [0.15, 0.2) is 6.10 Å². The fourth-order valence-corrected chi connectivity index (χ4v) is 2.44. The van der Waals surface area contributed by atoms with Crippen LogP contribution >= 0.6 is 0 Å². The van der Waals surface area contributed by atoms with E-state index in [1.165, 1.54) is 0 Å². The lowest BCUT2D eigenvalue weighted by atomic mass is 9.83. The Morgan fingerprint density at radius 3 is 2.60 bits per heavy atom. The predicted octanol–water partition coefficient (Wildman–Crippen LogP) is 2.87. The molecule has 1 heterocycles. The molecule has 0 saturated carbocycles. The number of hydrogen-bond acceptors (Lipinski definition) is 3. The Morgan fingerprint density at radius 1 is 1.40 bits per heavy atom. The van der Waals surface area contributed by atoms with E-state index in [4.69, 9.17) is 10.5 Å². The van der Waals surface area contributed by atoms with Crippen LogP contribution in [0.2, 0.25) is 0 Å². The minimum Gasteiger partial charge on any atom is -0.479 e. The molecule has 1 aliphatic rings. The van der Waals surface area contributed by atoms with Gasteiger partial charge in [0, 0.05) is 12.6 Å². The Kier molecular flexibility index (Phi) is 3.78. The summed E-state index contributed by atoms with van der Waals surface area (Å²) in [6.45, 7) is 10.7. The van der Waals surface area contributed by atoms with Crippen molar-refractivity contribution in [3.63, 3.8) is 0 Å². The van der Waals surface area contributed by atoms with Crippen LogP contribution in [0.25, 0.3) is 0 Å². The number of rotatable bonds is 2. The number of carbonyl (C=O) groups is 1. The molecule has 2 unspecified atom stereocenters. The lowest BCUT2D eigenvalue weighted by Gasteiger charge is -2.34. The van der Waals surface area contributed by atoms with Crippen molar-refractivity contribution < 1.29 is 9.53 Å². The fourth-order valence-electron chi connectivity index (χ4n) is 2.44. The second kappa shape index (κ2) is 5.09. The Hall–Kier alpha value is -1.55. The maximum Gasteiger partial charge on any atom is 0.267 e. The summed E-state index contributed by atoms with van der Waals surface area (Å²) in [6, 6.07) is 5.81. The summed E-state index contributed by atoms with van der Waals surface area (Å²) in [5.74, 6) is 0.755. The highest BCUT2D eigenvalue weighted by Gasteiger charge is 2.32. The molecule has 0 saturated heterocycles. The highest BCUT2D eigenvalue weighted by atomic mass is 16.5. The molecule has 2 N–H and O–H groups in total. The van der Waals surface area contributed by atoms with Gasteiger partial charge in [-0.1, -0.05) is 26.8 Å². The van der Waals surface area contributed by atoms with Crippen LogP contribution in [0.5, 0.6) is 5.75 Å². The van der Waals surface area contributed by atoms with Crippen LogP contribution < -0.4 is 15.4 Å². The van der Waals surface area contributed by atoms with Crippen molar-refractivity contribution in [3.8, 4) is 5.75 Å². The minimum atomic E-state index is -0.426. The third-order valence-electron chi connectivity index (χ3n) is 3.80. The molecule has 1 amide bonds. The summed E-state index contributed by atoms with van der Waals surface area (Å²) in [5.41, 5.74) is 8.14. The molecular weight excluding hydrogens is 252 g/mol. The van der Waals surface area contributed by atoms with Gasteiger partial charge in [0.2, 0.25) is 0 Å². The van der Waals surface area contributed by atoms with Crippen LogP contribution in [0.15, 0.2) is 18.2 Å². The summed E-state index contributed by atoms with van der Waals surface area (Å²) in [6.07, 6.45) is -0.426. The molecule has 0 fully saturated rings. The van der Waals surface area contributed by atoms with E-state index in [0.717, 1.165) is 17.0 Å². The van der Waals surface area contributed by atoms with E-state index in [1.807, 2.05) is 25.1 Å². The first-order chi connectivity index (χ1) is 9.25. The van der Waals surface area contributed by atoms with Gasteiger partial charge in [0.25, 0.3) is 5.91 Å². The van der Waals surface area contributed by atoms with E-state index < -0.39 is 6.10 Å². The molecule has 110 valence electrons. The Labute approximate surface area is 120 Å². The number of carbonyl (C=O) groups excluding carboxylic acids is 1. The molecule has 0 radical (unpaired) electrons. The Bertz CT molecular complexity index is 520. The number of anilines is 1. The lowest BCUT2D eigenvalue weighted by Crippen LogP contribution is -2.44. The molecule has 4 nitrogen and oxygen atoms in total. The SMILES string of the molecule is CCN1C(=O)C(C)Oc2ccc(C(N)C(C)(C)C)cc21. The molecule has 0 aliphatic carbocycles. The zero-order valence-electron chi connectivity index (χ0n) is 12.9. The average Bonchev–Trinajstić information content (AvgIpc) is 2.38. The molecule has 20 heavy (non-hydrogen) atoms. The molecule has 0 aromatic heterocycles. The number of amides is 1. The van der Waals surface area contributed by atoms with Crippen LogP contribution in [-0.4, -0.2) is 18.6 Å². The van der Waals surface area contributed by atoms with Crippen molar-refractivity contribution in [2.45, 2.75) is 46.8 Å². The van der Waals surface area contributed by atoms with Crippen molar-refractivity contribution in [3.05, 3.63) is 23.8 Å². The van der Waals surface area contributed by atoms with Crippen molar-refractivity contribution in [2.75, 3.05) is 11.4 Å². The molecule has 0 spiro atoms. The monoisotopic (exact) mass is 276 g/mol. The van der Waals surface area contributed by atoms with Crippen molar-refractivity contribution in [2.24, 2.45) is 11.1 Å². The topological polar surface area (TPSA) is 55.6 Å². The van der Waals surface area contributed by atoms with Gasteiger partial charge in [-0.2, -0.15) is 0 Å². The number of likely N-dealkylation sites (N-methyl/N-ethyl adjacent to an activating group) is 1. The van der Waals surface area contributed by atoms with Crippen LogP contribution in [0.3, 0.4) is 0 Å². The highest BCUT2D eigenvalue weighted by Crippen LogP contribution is 2.38. The van der Waals surface area contributed by atoms with Crippen LogP contribution in [0, 0.1) is 5.41 Å². The standard InChI is InChI=1S/C16H24N2O2/c1-6-18-12-9-11(14(17)16(3,4)5)7-8-13(12)20-10(2)15(18)19/h7-10,14H,6,17H2,1-5H3. The van der Waals surface area contributed by atoms with Gasteiger partial charge < -0.3 is 15.4 Å². The summed E-state index contributed by atoms with van der Waals surface area (Å²) < 4.78 is 5.66. The minimum absolute atomic E-state index is 0.00137. The maximum absolute atomic E-state index is 12.2. The normalized spacial score (nSPS) is 20.4. The molecule has 4 heteroatoms. The van der Waals surface area contributed by atoms with E-state index in [1.54, 1.807) is 11.8 Å². The molecule has 2 rings (SSSR count). The number of nitrogens with two attached hydrogens (primary N) is 1. The number of hydrogen-bond donors (Lipinski definition) is 1. The second-order valence-electron chi connectivity index (χ2n) is 6.41. The third-order valence-corrected chi connectivity index (χ3v) is 3.80. The van der Waals surface area contributed by atoms with Gasteiger partial charge in [-0.15, -0.1) is 0 Å². The molecule has 2 atom stereocenters. The molecule has 1 aromatic carbocycles. The Balaban J connectivity index is 2.45. The summed E-state index contributed by atoms with van der Waals surface area (Å²) in [7, 11) is 0. The quantitative estimate of drug-likeness (QED) is 0.903. The summed E-state index contributed by atoms with van der Waals surface area (Å²) in [4.78, 5) is 13.9. The zero-order chi connectivity index (χ0) is 15.1. The van der Waals surface area contributed by atoms with Gasteiger partial charge >= 0.3 is 0 Å². The summed E-state index contributed by atoms with van der Waals surface area (Å²) >= 11 is 0. The second-order valence-corrected chi connectivity index (χ2v) is 6.41. The van der Waals surface area contributed by atoms with Gasteiger partial charge in [-0.3, -0.25) is 4.79 Å². The fraction of sp³-hybridized carbons (Fsp3) is 0.562. The first-order valence-electron chi connectivity index (χ1n) is 7.13. The number of ether oxygens (including phenoxy) is 1. The van der Waals surface area contributed by atoms with E-state index in [-0.39, 0.29) is 17.4 Å². The van der Waals surface area contributed by atoms with Crippen molar-refractivity contribution in [1.82, 2.24) is 0 Å². The van der Waals surface area contributed by atoms with Crippen molar-refractivity contribution >= 4 is 11.6 Å². The number of benzene rings is 1. The molecule has 0 bridgehead atoms. The molecular formula is C16H24N2O2. The molecule has 1 aromatic rings. The highest BCUT2D eigenvalue weighted by molar-refractivity contribution is 5.99. The number of nitrogens with zero attached hydrogens (tertiary/aromatic N) is 1. The van der Waals surface area contributed by atoms with Gasteiger partial charge in [0.05, 0.1) is 5.69 Å². The zero-order valence-corrected chi connectivity index (χ0v) is 12.9. The summed E-state index contributed by atoms with van der Waals surface area (Å²) in [5, 5.41) is 0. The Morgan fingerprint density at radius 2 is 2.05 bits per heavy atom. The van der Waals surface area contributed by atoms with Crippen LogP contribution in [0.1, 0.15) is 46.2 Å². The maximum atomic E-state index is 12.2.